The average molecular weight is 552 g/mol. The van der Waals surface area contributed by atoms with Gasteiger partial charge in [-0.15, -0.1) is 0 Å². The minimum absolute atomic E-state index is 0.0341. The zero-order valence-corrected chi connectivity index (χ0v) is 15.7. The van der Waals surface area contributed by atoms with Crippen molar-refractivity contribution in [3.63, 3.8) is 0 Å². The van der Waals surface area contributed by atoms with E-state index in [1.54, 1.807) is 0 Å². The molecule has 0 aliphatic heterocycles. The Balaban J connectivity index is 6.61. The van der Waals surface area contributed by atoms with Gasteiger partial charge < -0.3 is 4.74 Å². The summed E-state index contributed by atoms with van der Waals surface area (Å²) in [5, 5.41) is 0. The topological polar surface area (TPSA) is 44.8 Å². The summed E-state index contributed by atoms with van der Waals surface area (Å²) in [6, 6.07) is 0. The number of esters is 1. The highest BCUT2D eigenvalue weighted by Gasteiger charge is 2.85. The van der Waals surface area contributed by atoms with Gasteiger partial charge in [0, 0.05) is 0 Å². The Kier molecular flexibility index (Phi) is 8.84. The quantitative estimate of drug-likeness (QED) is 0.184. The highest BCUT2D eigenvalue weighted by molar-refractivity contribution is 5.78. The molecule has 0 amide bonds. The second-order valence-electron chi connectivity index (χ2n) is 5.99. The van der Waals surface area contributed by atoms with Gasteiger partial charge in [0.15, 0.2) is 0 Å². The number of carbonyl (C=O) groups is 1. The molecule has 0 N–H and O–H groups in total. The molecule has 2 atom stereocenters. The Bertz CT molecular complexity index is 712. The van der Waals surface area contributed by atoms with E-state index in [2.05, 4.69) is 4.74 Å². The Morgan fingerprint density at radius 1 is 0.618 bits per heavy atom. The molecule has 0 heterocycles. The van der Waals surface area contributed by atoms with Gasteiger partial charge in [-0.3, -0.25) is 9.47 Å². The van der Waals surface area contributed by atoms with Crippen molar-refractivity contribution in [2.45, 2.75) is 68.1 Å². The second kappa shape index (κ2) is 9.34. The lowest BCUT2D eigenvalue weighted by Gasteiger charge is -2.39. The molecule has 0 aromatic carbocycles. The SMILES string of the molecule is CCCCOC(=O)[C@@](F)(OC(F)(F)[C@@](F)(OC(F)(F)C(F)(F)C(F)(F)F)C(F)(F)F)C(F)(F)F. The molecule has 0 bridgehead atoms. The lowest BCUT2D eigenvalue weighted by Crippen LogP contribution is -2.68. The van der Waals surface area contributed by atoms with Crippen LogP contribution in [0.2, 0.25) is 0 Å². The van der Waals surface area contributed by atoms with E-state index in [1.807, 2.05) is 4.74 Å². The molecule has 0 saturated carbocycles. The second-order valence-corrected chi connectivity index (χ2v) is 5.99. The first kappa shape index (κ1) is 32.2. The van der Waals surface area contributed by atoms with Gasteiger partial charge in [0.2, 0.25) is 0 Å². The molecule has 0 aromatic rings. The minimum atomic E-state index is -8.04. The van der Waals surface area contributed by atoms with Crippen LogP contribution in [-0.4, -0.2) is 61.0 Å². The van der Waals surface area contributed by atoms with Crippen molar-refractivity contribution in [2.24, 2.45) is 0 Å². The van der Waals surface area contributed by atoms with Gasteiger partial charge in [-0.25, -0.2) is 4.79 Å². The molecule has 0 unspecified atom stereocenters. The van der Waals surface area contributed by atoms with E-state index in [-0.39, 0.29) is 6.42 Å². The molecule has 4 nitrogen and oxygen atoms in total. The zero-order chi connectivity index (χ0) is 27.8. The molecule has 0 spiro atoms. The molecule has 204 valence electrons. The Hall–Kier alpha value is -1.80. The fraction of sp³-hybridized carbons (Fsp3) is 0.923. The van der Waals surface area contributed by atoms with E-state index in [0.29, 0.717) is 0 Å². The summed E-state index contributed by atoms with van der Waals surface area (Å²) in [6.45, 7) is 0.0262. The van der Waals surface area contributed by atoms with Crippen LogP contribution in [0, 0.1) is 0 Å². The Morgan fingerprint density at radius 2 is 1.06 bits per heavy atom. The largest absolute Gasteiger partial charge is 0.462 e. The number of hydrogen-bond acceptors (Lipinski definition) is 4. The maximum atomic E-state index is 14.0. The fourth-order valence-electron chi connectivity index (χ4n) is 1.55. The number of ether oxygens (including phenoxy) is 3. The lowest BCUT2D eigenvalue weighted by atomic mass is 10.2. The van der Waals surface area contributed by atoms with Gasteiger partial charge in [0.25, 0.3) is 0 Å². The van der Waals surface area contributed by atoms with E-state index in [0.717, 1.165) is 0 Å². The van der Waals surface area contributed by atoms with E-state index < -0.39 is 67.4 Å². The maximum absolute atomic E-state index is 14.0. The Labute approximate surface area is 175 Å². The van der Waals surface area contributed by atoms with E-state index in [9.17, 15) is 79.4 Å². The van der Waals surface area contributed by atoms with Gasteiger partial charge in [-0.05, 0) is 6.42 Å². The maximum Gasteiger partial charge on any atom is 0.462 e. The fourth-order valence-corrected chi connectivity index (χ4v) is 1.55. The first-order chi connectivity index (χ1) is 14.6. The monoisotopic (exact) mass is 552 g/mol. The summed E-state index contributed by atoms with van der Waals surface area (Å²) in [5.74, 6) is -26.3. The van der Waals surface area contributed by atoms with Crippen LogP contribution in [0.5, 0.6) is 0 Å². The third-order valence-corrected chi connectivity index (χ3v) is 3.36. The molecule has 0 rings (SSSR count). The van der Waals surface area contributed by atoms with Crippen molar-refractivity contribution >= 4 is 5.97 Å². The standard InChI is InChI=1S/C13H9F17O4/c1-2-3-4-32-5(31)6(14,9(18,19)20)33-13(29,30)8(17,11(24,25)26)34-12(27,28)7(15,16)10(21,22)23/h2-4H2,1H3/t6-,8+/m1/s1. The molecule has 0 aliphatic rings. The molecule has 0 aliphatic carbocycles. The van der Waals surface area contributed by atoms with Crippen molar-refractivity contribution in [2.75, 3.05) is 6.61 Å². The van der Waals surface area contributed by atoms with Crippen LogP contribution < -0.4 is 0 Å². The summed E-state index contributed by atoms with van der Waals surface area (Å²) >= 11 is 0. The van der Waals surface area contributed by atoms with Crippen LogP contribution in [-0.2, 0) is 19.0 Å². The van der Waals surface area contributed by atoms with Crippen LogP contribution in [0.15, 0.2) is 0 Å². The molecule has 0 fully saturated rings. The molecule has 34 heavy (non-hydrogen) atoms. The normalized spacial score (nSPS) is 18.3. The van der Waals surface area contributed by atoms with Crippen LogP contribution in [0.3, 0.4) is 0 Å². The van der Waals surface area contributed by atoms with Crippen molar-refractivity contribution in [1.29, 1.82) is 0 Å². The summed E-state index contributed by atoms with van der Waals surface area (Å²) in [4.78, 5) is 11.2. The Morgan fingerprint density at radius 3 is 1.38 bits per heavy atom. The van der Waals surface area contributed by atoms with Crippen LogP contribution in [0.4, 0.5) is 74.6 Å². The molecule has 21 heteroatoms. The van der Waals surface area contributed by atoms with E-state index in [4.69, 9.17) is 0 Å². The smallest absolute Gasteiger partial charge is 0.461 e. The minimum Gasteiger partial charge on any atom is -0.461 e. The predicted octanol–water partition coefficient (Wildman–Crippen LogP) is 6.20. The summed E-state index contributed by atoms with van der Waals surface area (Å²) in [7, 11) is 0. The molecule has 0 aromatic heterocycles. The number of alkyl halides is 17. The highest BCUT2D eigenvalue weighted by Crippen LogP contribution is 2.56. The third kappa shape index (κ3) is 5.88. The number of halogens is 17. The van der Waals surface area contributed by atoms with Crippen LogP contribution >= 0.6 is 0 Å². The summed E-state index contributed by atoms with van der Waals surface area (Å²) in [6.07, 6.45) is -38.9. The summed E-state index contributed by atoms with van der Waals surface area (Å²) in [5.41, 5.74) is 0. The highest BCUT2D eigenvalue weighted by atomic mass is 19.4. The third-order valence-electron chi connectivity index (χ3n) is 3.36. The van der Waals surface area contributed by atoms with E-state index >= 15 is 0 Å². The first-order valence-electron chi connectivity index (χ1n) is 7.93. The van der Waals surface area contributed by atoms with Gasteiger partial charge in [-0.2, -0.15) is 74.6 Å². The van der Waals surface area contributed by atoms with Gasteiger partial charge in [0.1, 0.15) is 0 Å². The average Bonchev–Trinajstić information content (AvgIpc) is 2.57. The van der Waals surface area contributed by atoms with Gasteiger partial charge in [-0.1, -0.05) is 13.3 Å². The molecule has 0 radical (unpaired) electrons. The molecular formula is C13H9F17O4. The van der Waals surface area contributed by atoms with Crippen molar-refractivity contribution in [1.82, 2.24) is 0 Å². The molecule has 0 saturated heterocycles. The number of hydrogen-bond donors (Lipinski definition) is 0. The van der Waals surface area contributed by atoms with Gasteiger partial charge in [0.05, 0.1) is 6.61 Å². The van der Waals surface area contributed by atoms with Crippen molar-refractivity contribution in [3.05, 3.63) is 0 Å². The van der Waals surface area contributed by atoms with Crippen LogP contribution in [0.1, 0.15) is 19.8 Å². The number of unbranched alkanes of at least 4 members (excludes halogenated alkanes) is 1. The number of rotatable bonds is 10. The lowest BCUT2D eigenvalue weighted by molar-refractivity contribution is -0.548. The molecular weight excluding hydrogens is 543 g/mol. The van der Waals surface area contributed by atoms with Crippen LogP contribution in [0.25, 0.3) is 0 Å². The van der Waals surface area contributed by atoms with Gasteiger partial charge >= 0.3 is 54.3 Å². The van der Waals surface area contributed by atoms with E-state index in [1.165, 1.54) is 11.7 Å². The van der Waals surface area contributed by atoms with Crippen molar-refractivity contribution < 1.29 is 93.6 Å². The summed E-state index contributed by atoms with van der Waals surface area (Å²) < 4.78 is 226. The van der Waals surface area contributed by atoms with Crippen molar-refractivity contribution in [3.8, 4) is 0 Å². The number of carbonyl (C=O) groups excluding carboxylic acids is 1. The zero-order valence-electron chi connectivity index (χ0n) is 15.7. The first-order valence-corrected chi connectivity index (χ1v) is 7.93. The predicted molar refractivity (Wildman–Crippen MR) is 68.7 cm³/mol.